The number of hydrogen-bond donors (Lipinski definition) is 2. The summed E-state index contributed by atoms with van der Waals surface area (Å²) in [5, 5.41) is 23.7. The van der Waals surface area contributed by atoms with Crippen molar-refractivity contribution in [2.24, 2.45) is 0 Å². The Morgan fingerprint density at radius 3 is 2.48 bits per heavy atom. The predicted octanol–water partition coefficient (Wildman–Crippen LogP) is 4.90. The number of nitrogens with one attached hydrogen (secondary N) is 1. The van der Waals surface area contributed by atoms with Crippen molar-refractivity contribution in [2.45, 2.75) is 25.9 Å². The van der Waals surface area contributed by atoms with Crippen LogP contribution in [0.1, 0.15) is 27.8 Å². The van der Waals surface area contributed by atoms with E-state index in [4.69, 9.17) is 16.9 Å². The van der Waals surface area contributed by atoms with Crippen LogP contribution < -0.4 is 5.32 Å². The maximum Gasteiger partial charge on any atom is 0.261 e. The Kier molecular flexibility index (Phi) is 6.03. The van der Waals surface area contributed by atoms with Crippen molar-refractivity contribution in [3.63, 3.8) is 0 Å². The highest BCUT2D eigenvalue weighted by atomic mass is 35.5. The normalized spacial score (nSPS) is 12.7. The minimum Gasteiger partial charge on any atom is -0.375 e. The molecule has 4 nitrogen and oxygen atoms in total. The largest absolute Gasteiger partial charge is 0.375 e. The number of benzene rings is 3. The van der Waals surface area contributed by atoms with Gasteiger partial charge in [0.05, 0.1) is 10.6 Å². The first-order valence-electron chi connectivity index (χ1n) is 9.19. The number of hydrogen-bond acceptors (Lipinski definition) is 3. The minimum absolute atomic E-state index is 0.119. The minimum atomic E-state index is -1.78. The number of anilines is 1. The Hall–Kier alpha value is -3.13. The van der Waals surface area contributed by atoms with Crippen LogP contribution in [-0.4, -0.2) is 11.0 Å². The monoisotopic (exact) mass is 404 g/mol. The Balaban J connectivity index is 2.00. The first-order valence-corrected chi connectivity index (χ1v) is 9.57. The van der Waals surface area contributed by atoms with Crippen molar-refractivity contribution >= 4 is 23.2 Å². The summed E-state index contributed by atoms with van der Waals surface area (Å²) in [6, 6.07) is 21.8. The molecule has 146 valence electrons. The number of nitrogens with zero attached hydrogens (tertiary/aromatic N) is 1. The Morgan fingerprint density at radius 1 is 1.10 bits per heavy atom. The maximum absolute atomic E-state index is 13.3. The molecule has 0 saturated carbocycles. The number of carbonyl (C=O) groups is 1. The highest BCUT2D eigenvalue weighted by Gasteiger charge is 2.38. The van der Waals surface area contributed by atoms with E-state index in [0.717, 1.165) is 11.1 Å². The number of halogens is 1. The summed E-state index contributed by atoms with van der Waals surface area (Å²) in [6.45, 7) is 3.69. The van der Waals surface area contributed by atoms with Gasteiger partial charge >= 0.3 is 0 Å². The van der Waals surface area contributed by atoms with Crippen LogP contribution >= 0.6 is 11.6 Å². The second-order valence-electron chi connectivity index (χ2n) is 7.06. The van der Waals surface area contributed by atoms with Crippen LogP contribution in [0.4, 0.5) is 5.69 Å². The second kappa shape index (κ2) is 8.48. The molecule has 3 aromatic carbocycles. The van der Waals surface area contributed by atoms with Crippen molar-refractivity contribution in [3.05, 3.63) is 99.6 Å². The number of aryl methyl sites for hydroxylation is 1. The number of amides is 1. The van der Waals surface area contributed by atoms with E-state index in [-0.39, 0.29) is 11.4 Å². The fourth-order valence-electron chi connectivity index (χ4n) is 3.28. The van der Waals surface area contributed by atoms with E-state index in [1.54, 1.807) is 43.3 Å². The van der Waals surface area contributed by atoms with Crippen molar-refractivity contribution in [3.8, 4) is 6.07 Å². The third kappa shape index (κ3) is 4.32. The maximum atomic E-state index is 13.3. The summed E-state index contributed by atoms with van der Waals surface area (Å²) in [6.07, 6.45) is 0.119. The van der Waals surface area contributed by atoms with Gasteiger partial charge in [-0.3, -0.25) is 4.79 Å². The molecular formula is C24H21ClN2O2. The smallest absolute Gasteiger partial charge is 0.261 e. The van der Waals surface area contributed by atoms with E-state index < -0.39 is 11.5 Å². The third-order valence-electron chi connectivity index (χ3n) is 4.92. The fraction of sp³-hybridized carbons (Fsp3) is 0.167. The summed E-state index contributed by atoms with van der Waals surface area (Å²) >= 11 is 6.22. The van der Waals surface area contributed by atoms with Crippen LogP contribution in [0.25, 0.3) is 0 Å². The zero-order chi connectivity index (χ0) is 21.0. The highest BCUT2D eigenvalue weighted by Crippen LogP contribution is 2.31. The van der Waals surface area contributed by atoms with Gasteiger partial charge in [-0.15, -0.1) is 0 Å². The zero-order valence-electron chi connectivity index (χ0n) is 16.2. The van der Waals surface area contributed by atoms with Crippen molar-refractivity contribution < 1.29 is 9.90 Å². The Bertz CT molecular complexity index is 1090. The molecule has 0 radical (unpaired) electrons. The molecule has 1 atom stereocenters. The van der Waals surface area contributed by atoms with E-state index in [1.165, 1.54) is 0 Å². The molecule has 2 N–H and O–H groups in total. The topological polar surface area (TPSA) is 73.1 Å². The van der Waals surface area contributed by atoms with Crippen LogP contribution in [-0.2, 0) is 16.8 Å². The number of nitriles is 1. The van der Waals surface area contributed by atoms with Gasteiger partial charge in [0.2, 0.25) is 0 Å². The second-order valence-corrected chi connectivity index (χ2v) is 7.44. The lowest BCUT2D eigenvalue weighted by Gasteiger charge is -2.28. The number of aliphatic hydroxyl groups is 1. The van der Waals surface area contributed by atoms with Crippen LogP contribution in [0.3, 0.4) is 0 Å². The van der Waals surface area contributed by atoms with E-state index in [1.807, 2.05) is 43.3 Å². The van der Waals surface area contributed by atoms with Gasteiger partial charge in [0.15, 0.2) is 5.60 Å². The molecule has 1 amide bonds. The summed E-state index contributed by atoms with van der Waals surface area (Å²) in [5.74, 6) is -0.561. The molecule has 0 heterocycles. The molecule has 0 aliphatic heterocycles. The zero-order valence-corrected chi connectivity index (χ0v) is 17.0. The fourth-order valence-corrected chi connectivity index (χ4v) is 3.48. The van der Waals surface area contributed by atoms with Crippen molar-refractivity contribution in [1.29, 1.82) is 5.26 Å². The van der Waals surface area contributed by atoms with Gasteiger partial charge in [0.25, 0.3) is 5.91 Å². The molecule has 29 heavy (non-hydrogen) atoms. The molecule has 3 aromatic rings. The van der Waals surface area contributed by atoms with Crippen LogP contribution in [0.5, 0.6) is 0 Å². The van der Waals surface area contributed by atoms with Gasteiger partial charge in [-0.25, -0.2) is 0 Å². The highest BCUT2D eigenvalue weighted by molar-refractivity contribution is 6.33. The molecule has 0 bridgehead atoms. The molecule has 0 aliphatic carbocycles. The lowest BCUT2D eigenvalue weighted by atomic mass is 9.86. The molecule has 0 aromatic heterocycles. The molecule has 0 aliphatic rings. The molecule has 5 heteroatoms. The van der Waals surface area contributed by atoms with E-state index in [9.17, 15) is 9.90 Å². The number of carbonyl (C=O) groups excluding carboxylic acids is 1. The molecular weight excluding hydrogens is 384 g/mol. The van der Waals surface area contributed by atoms with Crippen molar-refractivity contribution in [1.82, 2.24) is 0 Å². The molecule has 0 saturated heterocycles. The Labute approximate surface area is 175 Å². The summed E-state index contributed by atoms with van der Waals surface area (Å²) in [4.78, 5) is 13.3. The average molecular weight is 405 g/mol. The number of rotatable bonds is 5. The average Bonchev–Trinajstić information content (AvgIpc) is 2.72. The predicted molar refractivity (Wildman–Crippen MR) is 115 cm³/mol. The van der Waals surface area contributed by atoms with Gasteiger partial charge < -0.3 is 10.4 Å². The van der Waals surface area contributed by atoms with E-state index in [2.05, 4.69) is 5.32 Å². The van der Waals surface area contributed by atoms with Gasteiger partial charge in [-0.05, 0) is 42.7 Å². The van der Waals surface area contributed by atoms with Crippen molar-refractivity contribution in [2.75, 3.05) is 5.32 Å². The van der Waals surface area contributed by atoms with Gasteiger partial charge in [-0.2, -0.15) is 5.26 Å². The molecule has 0 spiro atoms. The van der Waals surface area contributed by atoms with Crippen LogP contribution in [0, 0.1) is 25.2 Å². The molecule has 3 rings (SSSR count). The first kappa shape index (κ1) is 20.6. The lowest BCUT2D eigenvalue weighted by molar-refractivity contribution is -0.135. The van der Waals surface area contributed by atoms with Gasteiger partial charge in [0.1, 0.15) is 6.07 Å². The first-order chi connectivity index (χ1) is 13.8. The van der Waals surface area contributed by atoms with Gasteiger partial charge in [-0.1, -0.05) is 71.8 Å². The van der Waals surface area contributed by atoms with E-state index in [0.29, 0.717) is 22.4 Å². The Morgan fingerprint density at radius 2 is 1.83 bits per heavy atom. The lowest BCUT2D eigenvalue weighted by Crippen LogP contribution is -2.42. The summed E-state index contributed by atoms with van der Waals surface area (Å²) in [5.41, 5.74) is 1.98. The summed E-state index contributed by atoms with van der Waals surface area (Å²) < 4.78 is 0. The third-order valence-corrected chi connectivity index (χ3v) is 5.41. The standard InChI is InChI=1S/C24H21ClN2O2/c1-16-7-6-8-18(13-16)14-24(29,20-9-4-3-5-10-20)23(28)27-21-12-11-19(15-26)22(25)17(21)2/h3-13,29H,14H2,1-2H3,(H,27,28). The molecule has 0 fully saturated rings. The quantitative estimate of drug-likeness (QED) is 0.635. The van der Waals surface area contributed by atoms with Gasteiger partial charge in [0, 0.05) is 12.1 Å². The summed E-state index contributed by atoms with van der Waals surface area (Å²) in [7, 11) is 0. The van der Waals surface area contributed by atoms with Crippen LogP contribution in [0.2, 0.25) is 5.02 Å². The SMILES string of the molecule is Cc1cccc(CC(O)(C(=O)Nc2ccc(C#N)c(Cl)c2C)c2ccccc2)c1. The molecule has 1 unspecified atom stereocenters. The van der Waals surface area contributed by atoms with Crippen LogP contribution in [0.15, 0.2) is 66.7 Å². The van der Waals surface area contributed by atoms with E-state index >= 15 is 0 Å².